The second-order valence-electron chi connectivity index (χ2n) is 4.62. The van der Waals surface area contributed by atoms with E-state index < -0.39 is 6.72 Å². The van der Waals surface area contributed by atoms with Crippen LogP contribution in [0.5, 0.6) is 0 Å². The lowest BCUT2D eigenvalue weighted by molar-refractivity contribution is 0.0543. The zero-order chi connectivity index (χ0) is 14.3. The summed E-state index contributed by atoms with van der Waals surface area (Å²) in [7, 11) is 0. The number of hydrogen-bond acceptors (Lipinski definition) is 5. The van der Waals surface area contributed by atoms with Crippen molar-refractivity contribution in [1.29, 1.82) is 0 Å². The van der Waals surface area contributed by atoms with Crippen LogP contribution in [0, 0.1) is 5.92 Å². The number of morpholine rings is 1. The molecule has 112 valence electrons. The van der Waals surface area contributed by atoms with Gasteiger partial charge in [-0.3, -0.25) is 9.65 Å². The smallest absolute Gasteiger partial charge is 0.354 e. The Balaban J connectivity index is 2.55. The highest BCUT2D eigenvalue weighted by atomic mass is 32.7. The molecule has 6 nitrogen and oxygen atoms in total. The van der Waals surface area contributed by atoms with Crippen LogP contribution in [-0.2, 0) is 13.8 Å². The minimum absolute atomic E-state index is 0.311. The zero-order valence-corrected chi connectivity index (χ0v) is 13.5. The van der Waals surface area contributed by atoms with E-state index in [0.29, 0.717) is 44.6 Å². The summed E-state index contributed by atoms with van der Waals surface area (Å²) in [5.41, 5.74) is 0. The maximum Gasteiger partial charge on any atom is 0.354 e. The summed E-state index contributed by atoms with van der Waals surface area (Å²) in [5, 5.41) is 2.55. The molecule has 0 aromatic rings. The standard InChI is InChI=1S/C11H23N2O4PS/c1-4-17-18(15,19-9-10(2)3)12-11(14)13-5-7-16-8-6-13/h10H,4-9H2,1-3H3,(H,12,14,15). The van der Waals surface area contributed by atoms with Gasteiger partial charge in [0.1, 0.15) is 0 Å². The maximum atomic E-state index is 12.5. The number of hydrogen-bond donors (Lipinski definition) is 1. The summed E-state index contributed by atoms with van der Waals surface area (Å²) >= 11 is 1.19. The molecule has 1 aliphatic rings. The Labute approximate surface area is 118 Å². The van der Waals surface area contributed by atoms with Crippen LogP contribution in [0.25, 0.3) is 0 Å². The largest absolute Gasteiger partial charge is 0.378 e. The minimum Gasteiger partial charge on any atom is -0.378 e. The van der Waals surface area contributed by atoms with Crippen LogP contribution in [0.1, 0.15) is 20.8 Å². The van der Waals surface area contributed by atoms with Crippen molar-refractivity contribution in [3.05, 3.63) is 0 Å². The van der Waals surface area contributed by atoms with E-state index in [1.165, 1.54) is 11.4 Å². The fourth-order valence-electron chi connectivity index (χ4n) is 1.47. The van der Waals surface area contributed by atoms with Gasteiger partial charge in [-0.1, -0.05) is 13.8 Å². The molecule has 1 rings (SSSR count). The summed E-state index contributed by atoms with van der Waals surface area (Å²) in [5.74, 6) is 1.07. The van der Waals surface area contributed by atoms with Gasteiger partial charge in [-0.05, 0) is 24.2 Å². The average Bonchev–Trinajstić information content (AvgIpc) is 2.38. The molecule has 1 N–H and O–H groups in total. The Morgan fingerprint density at radius 1 is 1.47 bits per heavy atom. The van der Waals surface area contributed by atoms with Crippen LogP contribution >= 0.6 is 18.1 Å². The van der Waals surface area contributed by atoms with Crippen LogP contribution in [0.4, 0.5) is 4.79 Å². The topological polar surface area (TPSA) is 67.9 Å². The van der Waals surface area contributed by atoms with Gasteiger partial charge < -0.3 is 14.2 Å². The van der Waals surface area contributed by atoms with E-state index in [1.807, 2.05) is 13.8 Å². The normalized spacial score (nSPS) is 19.3. The number of urea groups is 1. The lowest BCUT2D eigenvalue weighted by atomic mass is 10.3. The van der Waals surface area contributed by atoms with Gasteiger partial charge in [0.15, 0.2) is 0 Å². The van der Waals surface area contributed by atoms with Gasteiger partial charge in [0, 0.05) is 18.8 Å². The second kappa shape index (κ2) is 8.15. The molecule has 0 saturated carbocycles. The molecule has 0 radical (unpaired) electrons. The van der Waals surface area contributed by atoms with Gasteiger partial charge in [0.2, 0.25) is 0 Å². The van der Waals surface area contributed by atoms with E-state index in [4.69, 9.17) is 9.26 Å². The van der Waals surface area contributed by atoms with Gasteiger partial charge in [0.05, 0.1) is 19.8 Å². The van der Waals surface area contributed by atoms with Gasteiger partial charge in [-0.2, -0.15) is 0 Å². The predicted octanol–water partition coefficient (Wildman–Crippen LogP) is 2.56. The zero-order valence-electron chi connectivity index (χ0n) is 11.8. The van der Waals surface area contributed by atoms with Crippen molar-refractivity contribution < 1.29 is 18.6 Å². The van der Waals surface area contributed by atoms with Crippen LogP contribution in [-0.4, -0.2) is 49.6 Å². The molecule has 1 unspecified atom stereocenters. The SMILES string of the molecule is CCOP(=O)(NC(=O)N1CCOCC1)SCC(C)C. The number of carbonyl (C=O) groups is 1. The fourth-order valence-corrected chi connectivity index (χ4v) is 5.34. The average molecular weight is 310 g/mol. The van der Waals surface area contributed by atoms with E-state index in [0.717, 1.165) is 0 Å². The molecule has 1 aliphatic heterocycles. The van der Waals surface area contributed by atoms with Crippen LogP contribution in [0.3, 0.4) is 0 Å². The number of amides is 2. The highest BCUT2D eigenvalue weighted by Crippen LogP contribution is 2.56. The first-order valence-corrected chi connectivity index (χ1v) is 9.72. The number of carbonyl (C=O) groups excluding carboxylic acids is 1. The summed E-state index contributed by atoms with van der Waals surface area (Å²) in [6.07, 6.45) is 0. The molecule has 1 heterocycles. The van der Waals surface area contributed by atoms with Crippen molar-refractivity contribution in [2.75, 3.05) is 38.7 Å². The molecule has 0 bridgehead atoms. The molecular weight excluding hydrogens is 287 g/mol. The van der Waals surface area contributed by atoms with E-state index >= 15 is 0 Å². The Morgan fingerprint density at radius 2 is 2.11 bits per heavy atom. The Hall–Kier alpha value is -0.230. The number of rotatable bonds is 6. The first-order valence-electron chi connectivity index (χ1n) is 6.51. The fraction of sp³-hybridized carbons (Fsp3) is 0.909. The van der Waals surface area contributed by atoms with Crippen molar-refractivity contribution in [1.82, 2.24) is 9.99 Å². The first-order chi connectivity index (χ1) is 8.97. The van der Waals surface area contributed by atoms with Crippen molar-refractivity contribution in [3.63, 3.8) is 0 Å². The molecule has 8 heteroatoms. The molecule has 0 aromatic heterocycles. The molecule has 1 saturated heterocycles. The molecule has 0 aliphatic carbocycles. The van der Waals surface area contributed by atoms with Crippen molar-refractivity contribution in [3.8, 4) is 0 Å². The highest BCUT2D eigenvalue weighted by Gasteiger charge is 2.29. The Morgan fingerprint density at radius 3 is 2.63 bits per heavy atom. The van der Waals surface area contributed by atoms with Crippen LogP contribution in [0.2, 0.25) is 0 Å². The highest BCUT2D eigenvalue weighted by molar-refractivity contribution is 8.56. The van der Waals surface area contributed by atoms with E-state index in [2.05, 4.69) is 5.09 Å². The van der Waals surface area contributed by atoms with E-state index in [-0.39, 0.29) is 6.03 Å². The monoisotopic (exact) mass is 310 g/mol. The summed E-state index contributed by atoms with van der Waals surface area (Å²) < 4.78 is 23.0. The Kier molecular flexibility index (Phi) is 7.21. The molecule has 0 aromatic carbocycles. The minimum atomic E-state index is -3.16. The van der Waals surface area contributed by atoms with Crippen LogP contribution in [0.15, 0.2) is 0 Å². The van der Waals surface area contributed by atoms with Crippen LogP contribution < -0.4 is 5.09 Å². The van der Waals surface area contributed by atoms with Crippen molar-refractivity contribution in [2.24, 2.45) is 5.92 Å². The number of ether oxygens (including phenoxy) is 1. The molecule has 2 amide bonds. The van der Waals surface area contributed by atoms with E-state index in [9.17, 15) is 9.36 Å². The quantitative estimate of drug-likeness (QED) is 0.764. The van der Waals surface area contributed by atoms with Gasteiger partial charge in [-0.25, -0.2) is 4.79 Å². The lowest BCUT2D eigenvalue weighted by Gasteiger charge is -2.28. The number of nitrogens with one attached hydrogen (secondary N) is 1. The molecule has 1 atom stereocenters. The first kappa shape index (κ1) is 16.8. The van der Waals surface area contributed by atoms with Gasteiger partial charge >= 0.3 is 12.8 Å². The maximum absolute atomic E-state index is 12.5. The van der Waals surface area contributed by atoms with Gasteiger partial charge in [0.25, 0.3) is 0 Å². The third kappa shape index (κ3) is 6.17. The van der Waals surface area contributed by atoms with Crippen molar-refractivity contribution >= 4 is 24.1 Å². The van der Waals surface area contributed by atoms with Gasteiger partial charge in [-0.15, -0.1) is 0 Å². The lowest BCUT2D eigenvalue weighted by Crippen LogP contribution is -2.45. The van der Waals surface area contributed by atoms with Crippen molar-refractivity contribution in [2.45, 2.75) is 20.8 Å². The molecule has 0 spiro atoms. The third-order valence-corrected chi connectivity index (χ3v) is 6.68. The summed E-state index contributed by atoms with van der Waals surface area (Å²) in [6, 6.07) is -0.337. The third-order valence-electron chi connectivity index (χ3n) is 2.41. The predicted molar refractivity (Wildman–Crippen MR) is 77.5 cm³/mol. The van der Waals surface area contributed by atoms with E-state index in [1.54, 1.807) is 11.8 Å². The summed E-state index contributed by atoms with van der Waals surface area (Å²) in [4.78, 5) is 13.6. The second-order valence-corrected chi connectivity index (χ2v) is 8.91. The summed E-state index contributed by atoms with van der Waals surface area (Å²) in [6.45, 7) is 5.07. The molecule has 19 heavy (non-hydrogen) atoms. The molecule has 1 fully saturated rings. The Bertz CT molecular complexity index is 335. The number of nitrogens with zero attached hydrogens (tertiary/aromatic N) is 1. The molecular formula is C11H23N2O4PS.